The van der Waals surface area contributed by atoms with Crippen molar-refractivity contribution in [3.05, 3.63) is 41.7 Å². The van der Waals surface area contributed by atoms with E-state index in [2.05, 4.69) is 45.4 Å². The maximum absolute atomic E-state index is 5.46. The molecule has 2 aromatic rings. The van der Waals surface area contributed by atoms with E-state index in [-0.39, 0.29) is 12.8 Å². The fraction of sp³-hybridized carbons (Fsp3) is 0.474. The average molecular weight is 372 g/mol. The topological polar surface area (TPSA) is 67.2 Å². The van der Waals surface area contributed by atoms with Gasteiger partial charge in [-0.25, -0.2) is 0 Å². The summed E-state index contributed by atoms with van der Waals surface area (Å²) in [5.74, 6) is 2.44. The zero-order valence-electron chi connectivity index (χ0n) is 16.6. The Morgan fingerprint density at radius 3 is 2.74 bits per heavy atom. The monoisotopic (exact) mass is 372 g/mol. The number of hydrogen-bond acceptors (Lipinski definition) is 5. The van der Waals surface area contributed by atoms with Crippen LogP contribution in [0.4, 0.5) is 0 Å². The van der Waals surface area contributed by atoms with Gasteiger partial charge in [-0.2, -0.15) is 5.10 Å². The van der Waals surface area contributed by atoms with Crippen LogP contribution in [-0.2, 0) is 13.6 Å². The molecular formula is C19H28N6O2. The van der Waals surface area contributed by atoms with Crippen molar-refractivity contribution in [2.75, 3.05) is 41.5 Å². The number of guanidine groups is 1. The van der Waals surface area contributed by atoms with Crippen molar-refractivity contribution in [1.29, 1.82) is 0 Å². The molecule has 1 aliphatic rings. The standard InChI is InChI=1S/C19H28N6O2/c1-20-19(21-10-16(23(2)3)15-9-22-25(5)12-15)24(4)11-14-6-7-17-18(8-14)27-13-26-17/h6-9,12,16H,10-11,13H2,1-5H3,(H,20,21). The lowest BCUT2D eigenvalue weighted by Gasteiger charge is -2.27. The molecule has 1 unspecified atom stereocenters. The molecule has 1 N–H and O–H groups in total. The lowest BCUT2D eigenvalue weighted by atomic mass is 10.1. The van der Waals surface area contributed by atoms with E-state index in [0.717, 1.165) is 36.1 Å². The fourth-order valence-electron chi connectivity index (χ4n) is 3.17. The van der Waals surface area contributed by atoms with Crippen molar-refractivity contribution in [2.45, 2.75) is 12.6 Å². The summed E-state index contributed by atoms with van der Waals surface area (Å²) in [6.45, 7) is 1.74. The first-order valence-electron chi connectivity index (χ1n) is 8.93. The Kier molecular flexibility index (Phi) is 5.85. The van der Waals surface area contributed by atoms with Gasteiger partial charge >= 0.3 is 0 Å². The summed E-state index contributed by atoms with van der Waals surface area (Å²) < 4.78 is 12.7. The van der Waals surface area contributed by atoms with E-state index in [1.807, 2.05) is 43.3 Å². The van der Waals surface area contributed by atoms with Gasteiger partial charge in [0.05, 0.1) is 12.2 Å². The number of likely N-dealkylation sites (N-methyl/N-ethyl adjacent to an activating group) is 1. The predicted molar refractivity (Wildman–Crippen MR) is 105 cm³/mol. The first-order chi connectivity index (χ1) is 13.0. The van der Waals surface area contributed by atoms with E-state index in [1.54, 1.807) is 7.05 Å². The Morgan fingerprint density at radius 1 is 1.30 bits per heavy atom. The number of ether oxygens (including phenoxy) is 2. The molecule has 1 atom stereocenters. The van der Waals surface area contributed by atoms with E-state index in [0.29, 0.717) is 0 Å². The Morgan fingerprint density at radius 2 is 2.07 bits per heavy atom. The molecule has 0 aliphatic carbocycles. The van der Waals surface area contributed by atoms with Gasteiger partial charge in [0, 0.05) is 46.0 Å². The van der Waals surface area contributed by atoms with Gasteiger partial charge in [0.15, 0.2) is 17.5 Å². The number of nitrogens with zero attached hydrogens (tertiary/aromatic N) is 5. The van der Waals surface area contributed by atoms with Crippen LogP contribution >= 0.6 is 0 Å². The first kappa shape index (κ1) is 19.0. The normalized spacial score (nSPS) is 14.5. The van der Waals surface area contributed by atoms with Crippen molar-refractivity contribution in [3.8, 4) is 11.5 Å². The van der Waals surface area contributed by atoms with Crippen LogP contribution in [0.2, 0.25) is 0 Å². The number of benzene rings is 1. The van der Waals surface area contributed by atoms with Gasteiger partial charge in [-0.1, -0.05) is 6.07 Å². The summed E-state index contributed by atoms with van der Waals surface area (Å²) in [5.41, 5.74) is 2.31. The predicted octanol–water partition coefficient (Wildman–Crippen LogP) is 1.46. The molecule has 8 nitrogen and oxygen atoms in total. The minimum Gasteiger partial charge on any atom is -0.454 e. The molecule has 0 spiro atoms. The van der Waals surface area contributed by atoms with Crippen molar-refractivity contribution >= 4 is 5.96 Å². The molecule has 8 heteroatoms. The highest BCUT2D eigenvalue weighted by molar-refractivity contribution is 5.79. The third-order valence-electron chi connectivity index (χ3n) is 4.62. The molecule has 0 bridgehead atoms. The highest BCUT2D eigenvalue weighted by Gasteiger charge is 2.18. The van der Waals surface area contributed by atoms with Crippen LogP contribution in [0, 0.1) is 0 Å². The molecule has 1 aliphatic heterocycles. The second kappa shape index (κ2) is 8.30. The Labute approximate surface area is 160 Å². The fourth-order valence-corrected chi connectivity index (χ4v) is 3.17. The number of rotatable bonds is 6. The van der Waals surface area contributed by atoms with Gasteiger partial charge in [-0.15, -0.1) is 0 Å². The molecular weight excluding hydrogens is 344 g/mol. The molecule has 146 valence electrons. The van der Waals surface area contributed by atoms with Gasteiger partial charge in [0.1, 0.15) is 0 Å². The van der Waals surface area contributed by atoms with Crippen LogP contribution in [-0.4, -0.2) is 67.1 Å². The number of aryl methyl sites for hydroxylation is 1. The summed E-state index contributed by atoms with van der Waals surface area (Å²) in [5, 5.41) is 7.76. The zero-order chi connectivity index (χ0) is 19.4. The summed E-state index contributed by atoms with van der Waals surface area (Å²) >= 11 is 0. The van der Waals surface area contributed by atoms with Crippen LogP contribution in [0.3, 0.4) is 0 Å². The smallest absolute Gasteiger partial charge is 0.231 e. The molecule has 0 fully saturated rings. The maximum Gasteiger partial charge on any atom is 0.231 e. The van der Waals surface area contributed by atoms with Crippen molar-refractivity contribution in [2.24, 2.45) is 12.0 Å². The molecule has 0 amide bonds. The van der Waals surface area contributed by atoms with Crippen LogP contribution in [0.1, 0.15) is 17.2 Å². The average Bonchev–Trinajstić information content (AvgIpc) is 3.26. The number of hydrogen-bond donors (Lipinski definition) is 1. The van der Waals surface area contributed by atoms with E-state index < -0.39 is 0 Å². The molecule has 1 aromatic carbocycles. The molecule has 1 aromatic heterocycles. The highest BCUT2D eigenvalue weighted by atomic mass is 16.7. The van der Waals surface area contributed by atoms with Gasteiger partial charge in [-0.3, -0.25) is 9.67 Å². The highest BCUT2D eigenvalue weighted by Crippen LogP contribution is 2.32. The largest absolute Gasteiger partial charge is 0.454 e. The Hall–Kier alpha value is -2.74. The molecule has 0 saturated carbocycles. The van der Waals surface area contributed by atoms with E-state index >= 15 is 0 Å². The van der Waals surface area contributed by atoms with Crippen LogP contribution < -0.4 is 14.8 Å². The second-order valence-corrected chi connectivity index (χ2v) is 6.90. The molecule has 3 rings (SSSR count). The summed E-state index contributed by atoms with van der Waals surface area (Å²) in [6.07, 6.45) is 3.96. The SMILES string of the molecule is CN=C(NCC(c1cnn(C)c1)N(C)C)N(C)Cc1ccc2c(c1)OCO2. The van der Waals surface area contributed by atoms with Crippen molar-refractivity contribution < 1.29 is 9.47 Å². The molecule has 2 heterocycles. The van der Waals surface area contributed by atoms with E-state index in [9.17, 15) is 0 Å². The molecule has 0 saturated heterocycles. The third kappa shape index (κ3) is 4.51. The van der Waals surface area contributed by atoms with Gasteiger partial charge in [-0.05, 0) is 31.8 Å². The second-order valence-electron chi connectivity index (χ2n) is 6.90. The summed E-state index contributed by atoms with van der Waals surface area (Å²) in [7, 11) is 9.89. The van der Waals surface area contributed by atoms with E-state index in [1.165, 1.54) is 5.56 Å². The van der Waals surface area contributed by atoms with Crippen LogP contribution in [0.5, 0.6) is 11.5 Å². The number of nitrogens with one attached hydrogen (secondary N) is 1. The lowest BCUT2D eigenvalue weighted by Crippen LogP contribution is -2.42. The van der Waals surface area contributed by atoms with Crippen LogP contribution in [0.15, 0.2) is 35.6 Å². The first-order valence-corrected chi connectivity index (χ1v) is 8.93. The maximum atomic E-state index is 5.46. The minimum absolute atomic E-state index is 0.203. The van der Waals surface area contributed by atoms with E-state index in [4.69, 9.17) is 9.47 Å². The lowest BCUT2D eigenvalue weighted by molar-refractivity contribution is 0.174. The third-order valence-corrected chi connectivity index (χ3v) is 4.62. The van der Waals surface area contributed by atoms with Crippen molar-refractivity contribution in [1.82, 2.24) is 24.9 Å². The summed E-state index contributed by atoms with van der Waals surface area (Å²) in [6, 6.07) is 6.22. The summed E-state index contributed by atoms with van der Waals surface area (Å²) in [4.78, 5) is 8.69. The molecule has 0 radical (unpaired) electrons. The quantitative estimate of drug-likeness (QED) is 0.612. The number of aromatic nitrogens is 2. The minimum atomic E-state index is 0.203. The Balaban J connectivity index is 1.62. The Bertz CT molecular complexity index is 801. The van der Waals surface area contributed by atoms with Gasteiger partial charge in [0.25, 0.3) is 0 Å². The number of aliphatic imine (C=N–C) groups is 1. The zero-order valence-corrected chi connectivity index (χ0v) is 16.6. The number of fused-ring (bicyclic) bond motifs is 1. The molecule has 27 heavy (non-hydrogen) atoms. The van der Waals surface area contributed by atoms with Gasteiger partial charge < -0.3 is 24.6 Å². The van der Waals surface area contributed by atoms with Crippen molar-refractivity contribution in [3.63, 3.8) is 0 Å². The van der Waals surface area contributed by atoms with Crippen LogP contribution in [0.25, 0.3) is 0 Å². The van der Waals surface area contributed by atoms with Gasteiger partial charge in [0.2, 0.25) is 6.79 Å².